The molecule has 4 rings (SSSR count). The number of pyridine rings is 1. The van der Waals surface area contributed by atoms with Crippen LogP contribution in [0.1, 0.15) is 17.0 Å². The van der Waals surface area contributed by atoms with E-state index in [1.807, 2.05) is 41.3 Å². The van der Waals surface area contributed by atoms with E-state index in [-0.39, 0.29) is 5.91 Å². The standard InChI is InChI=1S/C22H25N7O2/c1-17-24-25-26-29(17)21(15-19-4-3-5-20(14-19)31-2)22(30)28-12-10-27(11-13-28)16-18-6-8-23-9-7-18/h3-9,14-15H,10-13,16H2,1-2H3/b21-15-. The molecule has 1 amide bonds. The van der Waals surface area contributed by atoms with Crippen LogP contribution in [0.3, 0.4) is 0 Å². The van der Waals surface area contributed by atoms with Crippen molar-refractivity contribution in [3.05, 3.63) is 65.7 Å². The van der Waals surface area contributed by atoms with Crippen molar-refractivity contribution in [3.63, 3.8) is 0 Å². The highest BCUT2D eigenvalue weighted by Gasteiger charge is 2.26. The summed E-state index contributed by atoms with van der Waals surface area (Å²) in [6.07, 6.45) is 5.41. The van der Waals surface area contributed by atoms with Crippen LogP contribution in [0.5, 0.6) is 5.75 Å². The number of hydrogen-bond acceptors (Lipinski definition) is 7. The highest BCUT2D eigenvalue weighted by molar-refractivity contribution is 6.18. The normalized spacial score (nSPS) is 15.2. The number of hydrogen-bond donors (Lipinski definition) is 0. The lowest BCUT2D eigenvalue weighted by Gasteiger charge is -2.35. The van der Waals surface area contributed by atoms with Gasteiger partial charge in [0.25, 0.3) is 5.91 Å². The number of carbonyl (C=O) groups excluding carboxylic acids is 1. The molecule has 1 aliphatic rings. The summed E-state index contributed by atoms with van der Waals surface area (Å²) in [4.78, 5) is 21.7. The molecule has 160 valence electrons. The van der Waals surface area contributed by atoms with Gasteiger partial charge in [0.2, 0.25) is 0 Å². The fourth-order valence-electron chi connectivity index (χ4n) is 3.57. The molecular formula is C22H25N7O2. The number of piperazine rings is 1. The van der Waals surface area contributed by atoms with E-state index in [1.165, 1.54) is 10.2 Å². The maximum atomic E-state index is 13.5. The van der Waals surface area contributed by atoms with E-state index >= 15 is 0 Å². The minimum Gasteiger partial charge on any atom is -0.497 e. The van der Waals surface area contributed by atoms with Crippen LogP contribution >= 0.6 is 0 Å². The lowest BCUT2D eigenvalue weighted by atomic mass is 10.1. The molecule has 0 unspecified atom stereocenters. The van der Waals surface area contributed by atoms with Crippen molar-refractivity contribution in [2.24, 2.45) is 0 Å². The zero-order chi connectivity index (χ0) is 21.6. The highest BCUT2D eigenvalue weighted by atomic mass is 16.5. The van der Waals surface area contributed by atoms with Gasteiger partial charge in [0.1, 0.15) is 11.4 Å². The summed E-state index contributed by atoms with van der Waals surface area (Å²) in [5, 5.41) is 11.7. The molecule has 1 aromatic carbocycles. The first-order valence-corrected chi connectivity index (χ1v) is 10.2. The minimum absolute atomic E-state index is 0.0956. The Bertz CT molecular complexity index is 1060. The second-order valence-corrected chi connectivity index (χ2v) is 7.37. The minimum atomic E-state index is -0.0956. The molecule has 31 heavy (non-hydrogen) atoms. The summed E-state index contributed by atoms with van der Waals surface area (Å²) in [5.41, 5.74) is 2.48. The summed E-state index contributed by atoms with van der Waals surface area (Å²) in [6.45, 7) is 5.51. The number of carbonyl (C=O) groups is 1. The molecule has 0 atom stereocenters. The molecule has 0 radical (unpaired) electrons. The number of amides is 1. The first kappa shape index (κ1) is 20.7. The van der Waals surface area contributed by atoms with Crippen LogP contribution in [0.4, 0.5) is 0 Å². The van der Waals surface area contributed by atoms with Gasteiger partial charge in [-0.3, -0.25) is 14.7 Å². The zero-order valence-corrected chi connectivity index (χ0v) is 17.7. The predicted octanol–water partition coefficient (Wildman–Crippen LogP) is 1.73. The number of nitrogens with zero attached hydrogens (tertiary/aromatic N) is 7. The molecule has 0 aliphatic carbocycles. The summed E-state index contributed by atoms with van der Waals surface area (Å²) >= 11 is 0. The third-order valence-corrected chi connectivity index (χ3v) is 5.28. The Labute approximate surface area is 180 Å². The quantitative estimate of drug-likeness (QED) is 0.562. The molecule has 3 aromatic rings. The van der Waals surface area contributed by atoms with E-state index in [4.69, 9.17) is 4.74 Å². The number of aryl methyl sites for hydroxylation is 1. The lowest BCUT2D eigenvalue weighted by molar-refractivity contribution is -0.127. The summed E-state index contributed by atoms with van der Waals surface area (Å²) in [7, 11) is 1.62. The Morgan fingerprint density at radius 2 is 1.90 bits per heavy atom. The van der Waals surface area contributed by atoms with Gasteiger partial charge in [-0.15, -0.1) is 5.10 Å². The molecular weight excluding hydrogens is 394 g/mol. The molecule has 1 fully saturated rings. The average molecular weight is 419 g/mol. The maximum Gasteiger partial charge on any atom is 0.272 e. The fourth-order valence-corrected chi connectivity index (χ4v) is 3.57. The SMILES string of the molecule is COc1cccc(/C=C(/C(=O)N2CCN(Cc3ccncc3)CC2)n2nnnc2C)c1. The summed E-state index contributed by atoms with van der Waals surface area (Å²) in [6, 6.07) is 11.6. The number of benzene rings is 1. The number of rotatable bonds is 6. The van der Waals surface area contributed by atoms with Gasteiger partial charge in [-0.25, -0.2) is 0 Å². The van der Waals surface area contributed by atoms with Gasteiger partial charge in [-0.05, 0) is 58.8 Å². The third kappa shape index (κ3) is 4.95. The molecule has 1 aliphatic heterocycles. The molecule has 0 N–H and O–H groups in total. The number of tetrazole rings is 1. The van der Waals surface area contributed by atoms with E-state index in [0.29, 0.717) is 24.6 Å². The van der Waals surface area contributed by atoms with Crippen molar-refractivity contribution < 1.29 is 9.53 Å². The van der Waals surface area contributed by atoms with Crippen LogP contribution in [0, 0.1) is 6.92 Å². The summed E-state index contributed by atoms with van der Waals surface area (Å²) in [5.74, 6) is 1.18. The van der Waals surface area contributed by atoms with Gasteiger partial charge in [-0.2, -0.15) is 4.68 Å². The number of aromatic nitrogens is 5. The van der Waals surface area contributed by atoms with Crippen LogP contribution in [0.2, 0.25) is 0 Å². The van der Waals surface area contributed by atoms with E-state index in [1.54, 1.807) is 32.5 Å². The third-order valence-electron chi connectivity index (χ3n) is 5.28. The number of methoxy groups -OCH3 is 1. The second kappa shape index (κ2) is 9.48. The largest absolute Gasteiger partial charge is 0.497 e. The van der Waals surface area contributed by atoms with Crippen molar-refractivity contribution >= 4 is 17.7 Å². The van der Waals surface area contributed by atoms with E-state index in [0.717, 1.165) is 30.9 Å². The zero-order valence-electron chi connectivity index (χ0n) is 17.7. The smallest absolute Gasteiger partial charge is 0.272 e. The van der Waals surface area contributed by atoms with Gasteiger partial charge in [0.15, 0.2) is 5.82 Å². The van der Waals surface area contributed by atoms with Crippen molar-refractivity contribution in [3.8, 4) is 5.75 Å². The lowest BCUT2D eigenvalue weighted by Crippen LogP contribution is -2.48. The first-order valence-electron chi connectivity index (χ1n) is 10.2. The molecule has 9 nitrogen and oxygen atoms in total. The van der Waals surface area contributed by atoms with Crippen molar-refractivity contribution in [1.29, 1.82) is 0 Å². The van der Waals surface area contributed by atoms with Gasteiger partial charge in [0.05, 0.1) is 7.11 Å². The van der Waals surface area contributed by atoms with Gasteiger partial charge in [0, 0.05) is 45.1 Å². The monoisotopic (exact) mass is 419 g/mol. The topological polar surface area (TPSA) is 89.3 Å². The van der Waals surface area contributed by atoms with Crippen LogP contribution in [-0.2, 0) is 11.3 Å². The van der Waals surface area contributed by atoms with Gasteiger partial charge >= 0.3 is 0 Å². The van der Waals surface area contributed by atoms with Crippen LogP contribution in [-0.4, -0.2) is 74.2 Å². The molecule has 2 aromatic heterocycles. The Kier molecular flexibility index (Phi) is 6.32. The van der Waals surface area contributed by atoms with Crippen LogP contribution in [0.15, 0.2) is 48.8 Å². The summed E-state index contributed by atoms with van der Waals surface area (Å²) < 4.78 is 6.80. The first-order chi connectivity index (χ1) is 15.1. The molecule has 3 heterocycles. The number of ether oxygens (including phenoxy) is 1. The van der Waals surface area contributed by atoms with E-state index in [9.17, 15) is 4.79 Å². The average Bonchev–Trinajstić information content (AvgIpc) is 3.24. The van der Waals surface area contributed by atoms with E-state index in [2.05, 4.69) is 25.4 Å². The molecule has 0 spiro atoms. The second-order valence-electron chi connectivity index (χ2n) is 7.37. The Balaban J connectivity index is 1.52. The van der Waals surface area contributed by atoms with Crippen molar-refractivity contribution in [2.75, 3.05) is 33.3 Å². The van der Waals surface area contributed by atoms with E-state index < -0.39 is 0 Å². The van der Waals surface area contributed by atoms with Crippen molar-refractivity contribution in [2.45, 2.75) is 13.5 Å². The Morgan fingerprint density at radius 3 is 2.58 bits per heavy atom. The van der Waals surface area contributed by atoms with Crippen molar-refractivity contribution in [1.82, 2.24) is 35.0 Å². The predicted molar refractivity (Wildman–Crippen MR) is 116 cm³/mol. The van der Waals surface area contributed by atoms with Gasteiger partial charge in [-0.1, -0.05) is 12.1 Å². The maximum absolute atomic E-state index is 13.5. The molecule has 1 saturated heterocycles. The molecule has 9 heteroatoms. The van der Waals surface area contributed by atoms with Crippen LogP contribution < -0.4 is 4.74 Å². The Hall–Kier alpha value is -3.59. The molecule has 0 bridgehead atoms. The molecule has 0 saturated carbocycles. The Morgan fingerprint density at radius 1 is 1.13 bits per heavy atom. The fraction of sp³-hybridized carbons (Fsp3) is 0.318. The van der Waals surface area contributed by atoms with Crippen LogP contribution in [0.25, 0.3) is 11.8 Å². The van der Waals surface area contributed by atoms with Gasteiger partial charge < -0.3 is 9.64 Å². The highest BCUT2D eigenvalue weighted by Crippen LogP contribution is 2.20.